The Hall–Kier alpha value is -0.520. The van der Waals surface area contributed by atoms with E-state index in [2.05, 4.69) is 5.32 Å². The third kappa shape index (κ3) is 13.5. The largest absolute Gasteiger partial charge is 0.444 e. The fraction of sp³-hybridized carbons (Fsp3) is 0.889. The quantitative estimate of drug-likeness (QED) is 0.701. The lowest BCUT2D eigenvalue weighted by Crippen LogP contribution is -2.34. The maximum atomic E-state index is 11.1. The smallest absolute Gasteiger partial charge is 0.407 e. The van der Waals surface area contributed by atoms with Gasteiger partial charge in [0.15, 0.2) is 0 Å². The second-order valence-electron chi connectivity index (χ2n) is 3.83. The van der Waals surface area contributed by atoms with Crippen LogP contribution >= 0.6 is 12.4 Å². The summed E-state index contributed by atoms with van der Waals surface area (Å²) < 4.78 is 10.1. The molecule has 0 aromatic carbocycles. The molecule has 5 nitrogen and oxygen atoms in total. The predicted octanol–water partition coefficient (Wildman–Crippen LogP) is 0.908. The second-order valence-corrected chi connectivity index (χ2v) is 3.83. The summed E-state index contributed by atoms with van der Waals surface area (Å²) in [6, 6.07) is 0. The van der Waals surface area contributed by atoms with E-state index in [1.54, 1.807) is 0 Å². The number of halogens is 1. The van der Waals surface area contributed by atoms with Crippen LogP contribution in [0.5, 0.6) is 0 Å². The van der Waals surface area contributed by atoms with Gasteiger partial charge in [0.2, 0.25) is 0 Å². The van der Waals surface area contributed by atoms with Crippen LogP contribution in [0.25, 0.3) is 0 Å². The van der Waals surface area contributed by atoms with Gasteiger partial charge in [-0.3, -0.25) is 0 Å². The lowest BCUT2D eigenvalue weighted by atomic mass is 10.2. The SMILES string of the molecule is CC(C)(C)OC(=O)NCCOCCN.Cl. The molecule has 0 fully saturated rings. The molecule has 0 saturated carbocycles. The number of hydrogen-bond donors (Lipinski definition) is 2. The number of alkyl carbamates (subject to hydrolysis) is 1. The molecular weight excluding hydrogens is 220 g/mol. The summed E-state index contributed by atoms with van der Waals surface area (Å²) in [6.45, 7) is 7.35. The molecule has 0 rings (SSSR count). The summed E-state index contributed by atoms with van der Waals surface area (Å²) in [6.07, 6.45) is -0.422. The number of carbonyl (C=O) groups excluding carboxylic acids is 1. The molecule has 0 heterocycles. The van der Waals surface area contributed by atoms with Gasteiger partial charge >= 0.3 is 6.09 Å². The predicted molar refractivity (Wildman–Crippen MR) is 61.4 cm³/mol. The molecule has 0 aromatic rings. The van der Waals surface area contributed by atoms with Gasteiger partial charge in [0.1, 0.15) is 5.60 Å². The fourth-order valence-corrected chi connectivity index (χ4v) is 0.725. The lowest BCUT2D eigenvalue weighted by Gasteiger charge is -2.19. The van der Waals surface area contributed by atoms with Gasteiger partial charge in [-0.25, -0.2) is 4.79 Å². The Morgan fingerprint density at radius 2 is 1.93 bits per heavy atom. The zero-order valence-electron chi connectivity index (χ0n) is 9.54. The van der Waals surface area contributed by atoms with E-state index in [0.29, 0.717) is 26.3 Å². The molecule has 0 saturated heterocycles. The second kappa shape index (κ2) is 8.76. The van der Waals surface area contributed by atoms with Crippen LogP contribution in [0.3, 0.4) is 0 Å². The van der Waals surface area contributed by atoms with Gasteiger partial charge in [-0.05, 0) is 20.8 Å². The third-order valence-corrected chi connectivity index (χ3v) is 1.18. The highest BCUT2D eigenvalue weighted by atomic mass is 35.5. The van der Waals surface area contributed by atoms with Crippen molar-refractivity contribution in [1.82, 2.24) is 5.32 Å². The van der Waals surface area contributed by atoms with Crippen molar-refractivity contribution in [2.75, 3.05) is 26.3 Å². The maximum absolute atomic E-state index is 11.1. The Bertz CT molecular complexity index is 171. The van der Waals surface area contributed by atoms with Crippen molar-refractivity contribution in [2.45, 2.75) is 26.4 Å². The molecule has 0 atom stereocenters. The normalized spacial score (nSPS) is 10.4. The van der Waals surface area contributed by atoms with E-state index >= 15 is 0 Å². The van der Waals surface area contributed by atoms with Crippen molar-refractivity contribution < 1.29 is 14.3 Å². The first-order valence-electron chi connectivity index (χ1n) is 4.70. The molecule has 0 unspecified atom stereocenters. The Balaban J connectivity index is 0. The van der Waals surface area contributed by atoms with E-state index in [0.717, 1.165) is 0 Å². The summed E-state index contributed by atoms with van der Waals surface area (Å²) in [5.41, 5.74) is 4.76. The van der Waals surface area contributed by atoms with Crippen LogP contribution < -0.4 is 11.1 Å². The average molecular weight is 241 g/mol. The van der Waals surface area contributed by atoms with Gasteiger partial charge in [-0.2, -0.15) is 0 Å². The molecule has 15 heavy (non-hydrogen) atoms. The van der Waals surface area contributed by atoms with Crippen molar-refractivity contribution in [3.63, 3.8) is 0 Å². The third-order valence-electron chi connectivity index (χ3n) is 1.18. The molecule has 1 amide bonds. The summed E-state index contributed by atoms with van der Waals surface area (Å²) in [7, 11) is 0. The van der Waals surface area contributed by atoms with Gasteiger partial charge in [-0.1, -0.05) is 0 Å². The number of amides is 1. The average Bonchev–Trinajstić information content (AvgIpc) is 2.00. The van der Waals surface area contributed by atoms with Crippen LogP contribution in [0.2, 0.25) is 0 Å². The van der Waals surface area contributed by atoms with Gasteiger partial charge < -0.3 is 20.5 Å². The number of hydrogen-bond acceptors (Lipinski definition) is 4. The number of nitrogens with two attached hydrogens (primary N) is 1. The number of nitrogens with one attached hydrogen (secondary N) is 1. The van der Waals surface area contributed by atoms with E-state index < -0.39 is 11.7 Å². The molecule has 0 bridgehead atoms. The van der Waals surface area contributed by atoms with Crippen LogP contribution in [0.15, 0.2) is 0 Å². The van der Waals surface area contributed by atoms with Crippen LogP contribution in [-0.4, -0.2) is 38.0 Å². The first-order chi connectivity index (χ1) is 6.45. The van der Waals surface area contributed by atoms with E-state index in [1.165, 1.54) is 0 Å². The minimum absolute atomic E-state index is 0. The van der Waals surface area contributed by atoms with E-state index in [1.807, 2.05) is 20.8 Å². The van der Waals surface area contributed by atoms with Crippen LogP contribution in [-0.2, 0) is 9.47 Å². The van der Waals surface area contributed by atoms with Crippen molar-refractivity contribution in [3.8, 4) is 0 Å². The Morgan fingerprint density at radius 1 is 1.33 bits per heavy atom. The molecule has 0 aliphatic carbocycles. The molecule has 0 aliphatic heterocycles. The first kappa shape index (κ1) is 16.9. The first-order valence-corrected chi connectivity index (χ1v) is 4.70. The van der Waals surface area contributed by atoms with Crippen molar-refractivity contribution >= 4 is 18.5 Å². The standard InChI is InChI=1S/C9H20N2O3.ClH/c1-9(2,3)14-8(12)11-5-7-13-6-4-10;/h4-7,10H2,1-3H3,(H,11,12);1H. The summed E-state index contributed by atoms with van der Waals surface area (Å²) in [5.74, 6) is 0. The number of carbonyl (C=O) groups is 1. The zero-order valence-corrected chi connectivity index (χ0v) is 10.4. The molecule has 0 aromatic heterocycles. The highest BCUT2D eigenvalue weighted by Gasteiger charge is 2.15. The lowest BCUT2D eigenvalue weighted by molar-refractivity contribution is 0.0501. The minimum atomic E-state index is -0.456. The minimum Gasteiger partial charge on any atom is -0.444 e. The highest BCUT2D eigenvalue weighted by molar-refractivity contribution is 5.85. The monoisotopic (exact) mass is 240 g/mol. The molecule has 6 heteroatoms. The van der Waals surface area contributed by atoms with Crippen LogP contribution in [0, 0.1) is 0 Å². The molecule has 0 aliphatic rings. The van der Waals surface area contributed by atoms with Crippen molar-refractivity contribution in [2.24, 2.45) is 5.73 Å². The van der Waals surface area contributed by atoms with E-state index in [-0.39, 0.29) is 12.4 Å². The molecule has 0 spiro atoms. The van der Waals surface area contributed by atoms with E-state index in [4.69, 9.17) is 15.2 Å². The Morgan fingerprint density at radius 3 is 2.40 bits per heavy atom. The van der Waals surface area contributed by atoms with Crippen LogP contribution in [0.1, 0.15) is 20.8 Å². The fourth-order valence-electron chi connectivity index (χ4n) is 0.725. The van der Waals surface area contributed by atoms with E-state index in [9.17, 15) is 4.79 Å². The molecule has 0 radical (unpaired) electrons. The summed E-state index contributed by atoms with van der Waals surface area (Å²) in [5, 5.41) is 2.57. The Kier molecular flexibility index (Phi) is 9.87. The molecule has 92 valence electrons. The van der Waals surface area contributed by atoms with Gasteiger partial charge in [0.05, 0.1) is 13.2 Å². The maximum Gasteiger partial charge on any atom is 0.407 e. The highest BCUT2D eigenvalue weighted by Crippen LogP contribution is 2.05. The molecular formula is C9H21ClN2O3. The van der Waals surface area contributed by atoms with Crippen molar-refractivity contribution in [1.29, 1.82) is 0 Å². The zero-order chi connectivity index (χ0) is 11.0. The summed E-state index contributed by atoms with van der Waals surface area (Å²) in [4.78, 5) is 11.1. The van der Waals surface area contributed by atoms with Gasteiger partial charge in [-0.15, -0.1) is 12.4 Å². The molecule has 3 N–H and O–H groups in total. The summed E-state index contributed by atoms with van der Waals surface area (Å²) >= 11 is 0. The van der Waals surface area contributed by atoms with Crippen LogP contribution in [0.4, 0.5) is 4.79 Å². The topological polar surface area (TPSA) is 73.6 Å². The Labute approximate surface area is 97.1 Å². The van der Waals surface area contributed by atoms with Gasteiger partial charge in [0.25, 0.3) is 0 Å². The number of ether oxygens (including phenoxy) is 2. The van der Waals surface area contributed by atoms with Crippen molar-refractivity contribution in [3.05, 3.63) is 0 Å². The number of rotatable bonds is 5. The van der Waals surface area contributed by atoms with Gasteiger partial charge in [0, 0.05) is 13.1 Å².